The molecule has 3 rings (SSSR count). The van der Waals surface area contributed by atoms with Crippen LogP contribution in [0.3, 0.4) is 0 Å². The predicted molar refractivity (Wildman–Crippen MR) is 102 cm³/mol. The number of carbonyl (C=O) groups is 4. The van der Waals surface area contributed by atoms with Crippen LogP contribution in [0.1, 0.15) is 12.5 Å². The van der Waals surface area contributed by atoms with Gasteiger partial charge in [0, 0.05) is 25.4 Å². The Labute approximate surface area is 171 Å². The molecule has 0 spiro atoms. The van der Waals surface area contributed by atoms with Gasteiger partial charge in [0.1, 0.15) is 11.1 Å². The van der Waals surface area contributed by atoms with E-state index in [1.165, 1.54) is 18.9 Å². The number of β-lactam (4-membered cyclic amide) rings is 1. The quantitative estimate of drug-likeness (QED) is 0.372. The van der Waals surface area contributed by atoms with E-state index in [1.54, 1.807) is 24.3 Å². The Morgan fingerprint density at radius 3 is 2.59 bits per heavy atom. The maximum atomic E-state index is 12.5. The minimum Gasteiger partial charge on any atom is -0.477 e. The van der Waals surface area contributed by atoms with Gasteiger partial charge in [-0.15, -0.1) is 11.8 Å². The molecule has 2 N–H and O–H groups in total. The topological polar surface area (TPSA) is 122 Å². The van der Waals surface area contributed by atoms with Gasteiger partial charge in [-0.2, -0.15) is 0 Å². The van der Waals surface area contributed by atoms with E-state index < -0.39 is 41.5 Å². The summed E-state index contributed by atoms with van der Waals surface area (Å²) < 4.78 is 10.3. The van der Waals surface area contributed by atoms with Crippen LogP contribution in [0.2, 0.25) is 0 Å². The zero-order valence-corrected chi connectivity index (χ0v) is 16.6. The van der Waals surface area contributed by atoms with Crippen LogP contribution >= 0.6 is 11.8 Å². The number of rotatable bonds is 7. The van der Waals surface area contributed by atoms with Gasteiger partial charge in [0.25, 0.3) is 5.91 Å². The molecular weight excluding hydrogens is 400 g/mol. The third-order valence-electron chi connectivity index (χ3n) is 4.51. The highest BCUT2D eigenvalue weighted by Crippen LogP contribution is 2.42. The lowest BCUT2D eigenvalue weighted by Gasteiger charge is -2.49. The molecule has 0 bridgehead atoms. The molecule has 1 aromatic carbocycles. The summed E-state index contributed by atoms with van der Waals surface area (Å²) in [5.74, 6) is -2.82. The van der Waals surface area contributed by atoms with Gasteiger partial charge in [-0.05, 0) is 5.56 Å². The van der Waals surface area contributed by atoms with Crippen LogP contribution in [0.4, 0.5) is 0 Å². The maximum absolute atomic E-state index is 12.5. The summed E-state index contributed by atoms with van der Waals surface area (Å²) in [5, 5.41) is 11.8. The molecule has 0 radical (unpaired) electrons. The van der Waals surface area contributed by atoms with Crippen LogP contribution in [-0.4, -0.2) is 64.3 Å². The molecule has 29 heavy (non-hydrogen) atoms. The Morgan fingerprint density at radius 1 is 1.31 bits per heavy atom. The molecule has 2 heterocycles. The normalized spacial score (nSPS) is 21.7. The van der Waals surface area contributed by atoms with Crippen molar-refractivity contribution in [3.8, 4) is 0 Å². The molecule has 10 heteroatoms. The van der Waals surface area contributed by atoms with Gasteiger partial charge in [0.05, 0.1) is 6.42 Å². The van der Waals surface area contributed by atoms with Gasteiger partial charge < -0.3 is 19.9 Å². The van der Waals surface area contributed by atoms with Gasteiger partial charge in [-0.3, -0.25) is 19.3 Å². The number of carbonyl (C=O) groups excluding carboxylic acids is 3. The molecule has 3 atom stereocenters. The Bertz CT molecular complexity index is 871. The highest BCUT2D eigenvalue weighted by molar-refractivity contribution is 8.00. The van der Waals surface area contributed by atoms with Gasteiger partial charge in [-0.25, -0.2) is 4.79 Å². The number of hydrogen-bond donors (Lipinski definition) is 2. The fraction of sp³-hybridized carbons (Fsp3) is 0.368. The fourth-order valence-corrected chi connectivity index (χ4v) is 4.62. The van der Waals surface area contributed by atoms with Gasteiger partial charge in [-0.1, -0.05) is 30.3 Å². The largest absolute Gasteiger partial charge is 0.477 e. The van der Waals surface area contributed by atoms with Crippen molar-refractivity contribution in [3.05, 3.63) is 47.2 Å². The van der Waals surface area contributed by atoms with E-state index in [1.807, 2.05) is 6.07 Å². The van der Waals surface area contributed by atoms with E-state index >= 15 is 0 Å². The summed E-state index contributed by atoms with van der Waals surface area (Å²) in [6.07, 6.45) is -1.99. The molecule has 1 fully saturated rings. The molecule has 2 amide bonds. The van der Waals surface area contributed by atoms with Crippen molar-refractivity contribution in [2.75, 3.05) is 12.9 Å². The molecular formula is C19H20N2O7S. The summed E-state index contributed by atoms with van der Waals surface area (Å²) in [7, 11) is 1.38. The Kier molecular flexibility index (Phi) is 6.23. The van der Waals surface area contributed by atoms with Crippen LogP contribution in [0.25, 0.3) is 0 Å². The molecule has 2 aliphatic heterocycles. The second-order valence-electron chi connectivity index (χ2n) is 6.46. The van der Waals surface area contributed by atoms with E-state index in [0.717, 1.165) is 17.4 Å². The van der Waals surface area contributed by atoms with E-state index in [9.17, 15) is 24.3 Å². The summed E-state index contributed by atoms with van der Waals surface area (Å²) in [5.41, 5.74) is 0.592. The number of nitrogens with one attached hydrogen (secondary N) is 1. The number of carboxylic acids is 1. The number of hydrogen-bond acceptors (Lipinski definition) is 7. The van der Waals surface area contributed by atoms with Crippen molar-refractivity contribution in [2.45, 2.75) is 31.1 Å². The monoisotopic (exact) mass is 420 g/mol. The molecule has 154 valence electrons. The Hall–Kier alpha value is -2.85. The van der Waals surface area contributed by atoms with Crippen LogP contribution in [0.5, 0.6) is 0 Å². The predicted octanol–water partition coefficient (Wildman–Crippen LogP) is 0.503. The zero-order valence-electron chi connectivity index (χ0n) is 15.8. The number of thioether (sulfide) groups is 1. The molecule has 1 aromatic rings. The van der Waals surface area contributed by atoms with Crippen LogP contribution < -0.4 is 5.32 Å². The SMILES string of the molecule is CO[C@H]1C(=O)N2C(C(=O)O)=C(C(NC(=O)Cc3ccccc3)OC(C)=O)CS[C@H]12. The lowest BCUT2D eigenvalue weighted by Crippen LogP contribution is -2.66. The lowest BCUT2D eigenvalue weighted by molar-refractivity contribution is -0.162. The number of methoxy groups -OCH3 is 1. The number of esters is 1. The van der Waals surface area contributed by atoms with Crippen molar-refractivity contribution in [1.82, 2.24) is 10.2 Å². The van der Waals surface area contributed by atoms with E-state index in [-0.39, 0.29) is 23.4 Å². The fourth-order valence-electron chi connectivity index (χ4n) is 3.22. The summed E-state index contributed by atoms with van der Waals surface area (Å²) in [6, 6.07) is 8.94. The van der Waals surface area contributed by atoms with E-state index in [2.05, 4.69) is 5.32 Å². The lowest BCUT2D eigenvalue weighted by atomic mass is 10.0. The number of amides is 2. The van der Waals surface area contributed by atoms with Gasteiger partial charge in [0.2, 0.25) is 12.1 Å². The molecule has 1 saturated heterocycles. The Balaban J connectivity index is 1.87. The second-order valence-corrected chi connectivity index (χ2v) is 7.57. The highest BCUT2D eigenvalue weighted by Gasteiger charge is 2.55. The van der Waals surface area contributed by atoms with E-state index in [0.29, 0.717) is 0 Å². The molecule has 0 saturated carbocycles. The zero-order chi connectivity index (χ0) is 21.1. The standard InChI is InChI=1S/C19H20N2O7S/c1-10(22)28-16(20-13(23)8-11-6-4-3-5-7-11)12-9-29-18-15(27-2)17(24)21(18)14(12)19(25)26/h3-7,15-16,18H,8-9H2,1-2H3,(H,20,23)(H,25,26)/t15-,16?,18+/m0/s1. The number of fused-ring (bicyclic) bond motifs is 1. The van der Waals surface area contributed by atoms with Gasteiger partial charge in [0.15, 0.2) is 6.10 Å². The summed E-state index contributed by atoms with van der Waals surface area (Å²) in [6.45, 7) is 1.16. The molecule has 2 aliphatic rings. The van der Waals surface area contributed by atoms with Crippen molar-refractivity contribution in [2.24, 2.45) is 0 Å². The van der Waals surface area contributed by atoms with Crippen molar-refractivity contribution >= 4 is 35.5 Å². The summed E-state index contributed by atoms with van der Waals surface area (Å²) in [4.78, 5) is 49.4. The smallest absolute Gasteiger partial charge is 0.352 e. The number of carboxylic acid groups (broad SMARTS) is 1. The first-order chi connectivity index (χ1) is 13.8. The number of ether oxygens (including phenoxy) is 2. The minimum atomic E-state index is -1.34. The maximum Gasteiger partial charge on any atom is 0.352 e. The van der Waals surface area contributed by atoms with Crippen molar-refractivity contribution < 1.29 is 33.8 Å². The third-order valence-corrected chi connectivity index (χ3v) is 5.78. The van der Waals surface area contributed by atoms with Crippen LogP contribution in [0, 0.1) is 0 Å². The van der Waals surface area contributed by atoms with E-state index in [4.69, 9.17) is 9.47 Å². The third kappa shape index (κ3) is 4.28. The molecule has 1 unspecified atom stereocenters. The van der Waals surface area contributed by atoms with Crippen LogP contribution in [-0.2, 0) is 35.1 Å². The van der Waals surface area contributed by atoms with Crippen molar-refractivity contribution in [3.63, 3.8) is 0 Å². The Morgan fingerprint density at radius 2 is 2.00 bits per heavy atom. The second kappa shape index (κ2) is 8.66. The van der Waals surface area contributed by atoms with Crippen LogP contribution in [0.15, 0.2) is 41.6 Å². The molecule has 0 aliphatic carbocycles. The molecule has 0 aromatic heterocycles. The minimum absolute atomic E-state index is 0.0262. The first-order valence-electron chi connectivity index (χ1n) is 8.77. The first kappa shape index (κ1) is 20.9. The first-order valence-corrected chi connectivity index (χ1v) is 9.82. The van der Waals surface area contributed by atoms with Crippen molar-refractivity contribution in [1.29, 1.82) is 0 Å². The van der Waals surface area contributed by atoms with Gasteiger partial charge >= 0.3 is 11.9 Å². The molecule has 9 nitrogen and oxygen atoms in total. The average molecular weight is 420 g/mol. The number of nitrogens with zero attached hydrogens (tertiary/aromatic N) is 1. The number of aliphatic carboxylic acids is 1. The number of benzene rings is 1. The highest BCUT2D eigenvalue weighted by atomic mass is 32.2. The average Bonchev–Trinajstić information content (AvgIpc) is 2.67. The summed E-state index contributed by atoms with van der Waals surface area (Å²) >= 11 is 1.28.